The van der Waals surface area contributed by atoms with Gasteiger partial charge in [-0.25, -0.2) is 0 Å². The van der Waals surface area contributed by atoms with Crippen LogP contribution in [0.2, 0.25) is 0 Å². The summed E-state index contributed by atoms with van der Waals surface area (Å²) < 4.78 is 6.13. The zero-order valence-electron chi connectivity index (χ0n) is 8.39. The quantitative estimate of drug-likeness (QED) is 0.693. The highest BCUT2D eigenvalue weighted by Gasteiger charge is 2.37. The third kappa shape index (κ3) is 2.69. The molecule has 0 aromatic carbocycles. The lowest BCUT2D eigenvalue weighted by atomic mass is 9.89. The van der Waals surface area contributed by atoms with E-state index in [0.29, 0.717) is 6.10 Å². The van der Waals surface area contributed by atoms with E-state index in [1.807, 2.05) is 0 Å². The van der Waals surface area contributed by atoms with E-state index in [9.17, 15) is 0 Å². The van der Waals surface area contributed by atoms with Crippen LogP contribution in [0, 0.1) is 5.92 Å². The molecule has 2 unspecified atom stereocenters. The first-order valence-corrected chi connectivity index (χ1v) is 6.58. The molecule has 1 aliphatic heterocycles. The van der Waals surface area contributed by atoms with Crippen LogP contribution in [-0.2, 0) is 4.74 Å². The SMILES string of the molecule is CC1(CC2CC2)CCCC(CBr)O1. The van der Waals surface area contributed by atoms with Crippen LogP contribution in [0.15, 0.2) is 0 Å². The number of hydrogen-bond acceptors (Lipinski definition) is 1. The van der Waals surface area contributed by atoms with Crippen molar-refractivity contribution in [2.45, 2.75) is 57.2 Å². The summed E-state index contributed by atoms with van der Waals surface area (Å²) in [6.45, 7) is 2.31. The third-order valence-electron chi connectivity index (χ3n) is 3.27. The average Bonchev–Trinajstić information content (AvgIpc) is 2.87. The predicted molar refractivity (Wildman–Crippen MR) is 58.3 cm³/mol. The van der Waals surface area contributed by atoms with Gasteiger partial charge in [0.25, 0.3) is 0 Å². The van der Waals surface area contributed by atoms with Crippen LogP contribution in [-0.4, -0.2) is 17.0 Å². The van der Waals surface area contributed by atoms with Crippen LogP contribution in [0.1, 0.15) is 45.4 Å². The fourth-order valence-electron chi connectivity index (χ4n) is 2.42. The second kappa shape index (κ2) is 3.90. The second-order valence-corrected chi connectivity index (χ2v) is 5.53. The Morgan fingerprint density at radius 2 is 2.15 bits per heavy atom. The van der Waals surface area contributed by atoms with Gasteiger partial charge < -0.3 is 4.74 Å². The van der Waals surface area contributed by atoms with Crippen LogP contribution in [0.3, 0.4) is 0 Å². The normalized spacial score (nSPS) is 40.6. The van der Waals surface area contributed by atoms with Gasteiger partial charge in [0.05, 0.1) is 11.7 Å². The Bertz CT molecular complexity index is 179. The second-order valence-electron chi connectivity index (χ2n) is 4.88. The minimum atomic E-state index is 0.206. The Kier molecular flexibility index (Phi) is 2.99. The molecule has 1 nitrogen and oxygen atoms in total. The summed E-state index contributed by atoms with van der Waals surface area (Å²) in [5.41, 5.74) is 0.206. The van der Waals surface area contributed by atoms with Gasteiger partial charge in [0, 0.05) is 5.33 Å². The highest BCUT2D eigenvalue weighted by molar-refractivity contribution is 9.09. The van der Waals surface area contributed by atoms with Gasteiger partial charge in [0.2, 0.25) is 0 Å². The number of ether oxygens (including phenoxy) is 1. The molecule has 0 amide bonds. The van der Waals surface area contributed by atoms with Crippen LogP contribution in [0.25, 0.3) is 0 Å². The minimum absolute atomic E-state index is 0.206. The van der Waals surface area contributed by atoms with Crippen molar-refractivity contribution in [3.05, 3.63) is 0 Å². The molecule has 2 fully saturated rings. The largest absolute Gasteiger partial charge is 0.371 e. The van der Waals surface area contributed by atoms with E-state index >= 15 is 0 Å². The Morgan fingerprint density at radius 3 is 2.77 bits per heavy atom. The molecule has 0 radical (unpaired) electrons. The van der Waals surface area contributed by atoms with Gasteiger partial charge in [-0.1, -0.05) is 28.8 Å². The standard InChI is InChI=1S/C11H19BrO/c1-11(7-9-4-5-9)6-2-3-10(8-12)13-11/h9-10H,2-8H2,1H3. The summed E-state index contributed by atoms with van der Waals surface area (Å²) in [6, 6.07) is 0. The van der Waals surface area contributed by atoms with E-state index in [1.54, 1.807) is 0 Å². The third-order valence-corrected chi connectivity index (χ3v) is 3.99. The molecule has 1 saturated carbocycles. The Hall–Kier alpha value is 0.440. The maximum Gasteiger partial charge on any atom is 0.0679 e. The molecule has 76 valence electrons. The lowest BCUT2D eigenvalue weighted by molar-refractivity contribution is -0.114. The van der Waals surface area contributed by atoms with Crippen LogP contribution >= 0.6 is 15.9 Å². The van der Waals surface area contributed by atoms with Crippen molar-refractivity contribution < 1.29 is 4.74 Å². The van der Waals surface area contributed by atoms with E-state index in [4.69, 9.17) is 4.74 Å². The molecule has 0 spiro atoms. The van der Waals surface area contributed by atoms with E-state index in [0.717, 1.165) is 11.2 Å². The van der Waals surface area contributed by atoms with Crippen molar-refractivity contribution in [3.8, 4) is 0 Å². The molecule has 1 saturated heterocycles. The van der Waals surface area contributed by atoms with Crippen LogP contribution in [0.5, 0.6) is 0 Å². The first-order valence-electron chi connectivity index (χ1n) is 5.46. The maximum atomic E-state index is 6.13. The fourth-order valence-corrected chi connectivity index (χ4v) is 2.87. The molecule has 0 N–H and O–H groups in total. The minimum Gasteiger partial charge on any atom is -0.371 e. The Balaban J connectivity index is 1.87. The van der Waals surface area contributed by atoms with Gasteiger partial charge in [-0.2, -0.15) is 0 Å². The topological polar surface area (TPSA) is 9.23 Å². The van der Waals surface area contributed by atoms with Crippen molar-refractivity contribution in [2.24, 2.45) is 5.92 Å². The van der Waals surface area contributed by atoms with Crippen molar-refractivity contribution >= 4 is 15.9 Å². The van der Waals surface area contributed by atoms with Gasteiger partial charge in [0.15, 0.2) is 0 Å². The zero-order chi connectivity index (χ0) is 9.31. The first-order chi connectivity index (χ1) is 6.22. The van der Waals surface area contributed by atoms with Gasteiger partial charge in [-0.15, -0.1) is 0 Å². The van der Waals surface area contributed by atoms with Gasteiger partial charge in [-0.3, -0.25) is 0 Å². The van der Waals surface area contributed by atoms with Crippen LogP contribution in [0.4, 0.5) is 0 Å². The molecule has 2 atom stereocenters. The van der Waals surface area contributed by atoms with E-state index in [1.165, 1.54) is 38.5 Å². The smallest absolute Gasteiger partial charge is 0.0679 e. The van der Waals surface area contributed by atoms with Gasteiger partial charge in [-0.05, 0) is 38.5 Å². The Labute approximate surface area is 89.4 Å². The van der Waals surface area contributed by atoms with Crippen molar-refractivity contribution in [2.75, 3.05) is 5.33 Å². The van der Waals surface area contributed by atoms with Crippen LogP contribution < -0.4 is 0 Å². The molecule has 2 rings (SSSR count). The zero-order valence-corrected chi connectivity index (χ0v) is 9.98. The maximum absolute atomic E-state index is 6.13. The Morgan fingerprint density at radius 1 is 1.38 bits per heavy atom. The first kappa shape index (κ1) is 9.97. The van der Waals surface area contributed by atoms with Crippen molar-refractivity contribution in [3.63, 3.8) is 0 Å². The van der Waals surface area contributed by atoms with E-state index < -0.39 is 0 Å². The monoisotopic (exact) mass is 246 g/mol. The summed E-state index contributed by atoms with van der Waals surface area (Å²) in [4.78, 5) is 0. The predicted octanol–water partition coefficient (Wildman–Crippen LogP) is 3.51. The molecule has 2 aliphatic rings. The number of hydrogen-bond donors (Lipinski definition) is 0. The molecule has 1 heterocycles. The molecule has 2 heteroatoms. The molecular formula is C11H19BrO. The molecule has 0 aromatic heterocycles. The summed E-state index contributed by atoms with van der Waals surface area (Å²) in [6.07, 6.45) is 8.52. The highest BCUT2D eigenvalue weighted by atomic mass is 79.9. The molecular weight excluding hydrogens is 228 g/mol. The van der Waals surface area contributed by atoms with Gasteiger partial charge in [0.1, 0.15) is 0 Å². The lowest BCUT2D eigenvalue weighted by Crippen LogP contribution is -2.39. The van der Waals surface area contributed by atoms with Crippen molar-refractivity contribution in [1.82, 2.24) is 0 Å². The summed E-state index contributed by atoms with van der Waals surface area (Å²) in [7, 11) is 0. The van der Waals surface area contributed by atoms with Gasteiger partial charge >= 0.3 is 0 Å². The molecule has 13 heavy (non-hydrogen) atoms. The molecule has 0 aromatic rings. The number of alkyl halides is 1. The number of halogens is 1. The summed E-state index contributed by atoms with van der Waals surface area (Å²) in [5.74, 6) is 0.985. The molecule has 0 bridgehead atoms. The average molecular weight is 247 g/mol. The highest BCUT2D eigenvalue weighted by Crippen LogP contribution is 2.42. The summed E-state index contributed by atoms with van der Waals surface area (Å²) >= 11 is 3.52. The van der Waals surface area contributed by atoms with Crippen molar-refractivity contribution in [1.29, 1.82) is 0 Å². The molecule has 1 aliphatic carbocycles. The fraction of sp³-hybridized carbons (Fsp3) is 1.00. The van der Waals surface area contributed by atoms with E-state index in [2.05, 4.69) is 22.9 Å². The lowest BCUT2D eigenvalue weighted by Gasteiger charge is -2.38. The van der Waals surface area contributed by atoms with E-state index in [-0.39, 0.29) is 5.60 Å². The summed E-state index contributed by atoms with van der Waals surface area (Å²) in [5, 5.41) is 1.01. The number of rotatable bonds is 3.